The van der Waals surface area contributed by atoms with E-state index >= 15 is 0 Å². The van der Waals surface area contributed by atoms with Crippen molar-refractivity contribution < 1.29 is 14.0 Å². The molecule has 0 unspecified atom stereocenters. The molecule has 1 atom stereocenters. The zero-order valence-corrected chi connectivity index (χ0v) is 18.6. The number of nitrogens with one attached hydrogen (secondary N) is 1. The summed E-state index contributed by atoms with van der Waals surface area (Å²) < 4.78 is 14.5. The van der Waals surface area contributed by atoms with Gasteiger partial charge in [0.25, 0.3) is 0 Å². The van der Waals surface area contributed by atoms with E-state index in [1.165, 1.54) is 6.07 Å². The number of halogens is 1. The van der Waals surface area contributed by atoms with E-state index in [2.05, 4.69) is 15.2 Å². The Kier molecular flexibility index (Phi) is 6.72. The summed E-state index contributed by atoms with van der Waals surface area (Å²) in [5, 5.41) is 3.28. The molecule has 0 radical (unpaired) electrons. The van der Waals surface area contributed by atoms with Crippen LogP contribution in [-0.2, 0) is 16.0 Å². The lowest BCUT2D eigenvalue weighted by Crippen LogP contribution is -2.55. The first-order valence-electron chi connectivity index (χ1n) is 11.4. The fourth-order valence-corrected chi connectivity index (χ4v) is 4.92. The Labute approximate surface area is 188 Å². The van der Waals surface area contributed by atoms with Gasteiger partial charge in [0, 0.05) is 45.3 Å². The fraction of sp³-hybridized carbons (Fsp3) is 0.480. The van der Waals surface area contributed by atoms with Gasteiger partial charge in [-0.3, -0.25) is 9.59 Å². The minimum absolute atomic E-state index is 0.0154. The first-order valence-corrected chi connectivity index (χ1v) is 11.4. The van der Waals surface area contributed by atoms with E-state index in [4.69, 9.17) is 0 Å². The molecule has 2 amide bonds. The van der Waals surface area contributed by atoms with Gasteiger partial charge >= 0.3 is 0 Å². The van der Waals surface area contributed by atoms with E-state index in [1.807, 2.05) is 18.2 Å². The molecular weight excluding hydrogens is 407 g/mol. The van der Waals surface area contributed by atoms with E-state index in [0.717, 1.165) is 25.2 Å². The molecular formula is C25H31FN4O2. The number of amides is 2. The molecule has 32 heavy (non-hydrogen) atoms. The molecule has 0 aliphatic carbocycles. The number of nitrogens with zero attached hydrogens (tertiary/aromatic N) is 3. The van der Waals surface area contributed by atoms with Crippen molar-refractivity contribution in [2.24, 2.45) is 5.41 Å². The lowest BCUT2D eigenvalue weighted by molar-refractivity contribution is -0.140. The molecule has 1 aromatic heterocycles. The molecule has 3 heterocycles. The number of benzene rings is 1. The van der Waals surface area contributed by atoms with Crippen LogP contribution in [0.1, 0.15) is 38.2 Å². The van der Waals surface area contributed by atoms with Gasteiger partial charge in [0.2, 0.25) is 11.8 Å². The van der Waals surface area contributed by atoms with Crippen LogP contribution in [0, 0.1) is 11.2 Å². The van der Waals surface area contributed by atoms with E-state index in [1.54, 1.807) is 36.2 Å². The molecule has 0 spiro atoms. The van der Waals surface area contributed by atoms with Crippen LogP contribution in [-0.4, -0.2) is 53.9 Å². The van der Waals surface area contributed by atoms with Crippen molar-refractivity contribution >= 4 is 17.6 Å². The molecule has 1 N–H and O–H groups in total. The third-order valence-electron chi connectivity index (χ3n) is 6.86. The molecule has 0 bridgehead atoms. The number of hydrogen-bond acceptors (Lipinski definition) is 4. The summed E-state index contributed by atoms with van der Waals surface area (Å²) in [5.41, 5.74) is -0.167. The molecule has 7 heteroatoms. The Balaban J connectivity index is 1.50. The van der Waals surface area contributed by atoms with Crippen LogP contribution in [0.5, 0.6) is 0 Å². The SMILES string of the molecule is CC(=O)N1CCC(Cc2ccccc2F)(C(=O)N[C@H]2CCCN(c3ccccn3)C2)CC1. The molecule has 2 saturated heterocycles. The van der Waals surface area contributed by atoms with Gasteiger partial charge < -0.3 is 15.1 Å². The molecule has 2 fully saturated rings. The summed E-state index contributed by atoms with van der Waals surface area (Å²) in [6.45, 7) is 4.21. The average Bonchev–Trinajstić information content (AvgIpc) is 2.81. The van der Waals surface area contributed by atoms with Gasteiger partial charge in [-0.2, -0.15) is 0 Å². The molecule has 4 rings (SSSR count). The summed E-state index contributed by atoms with van der Waals surface area (Å²) in [6, 6.07) is 12.5. The second-order valence-corrected chi connectivity index (χ2v) is 9.00. The number of aromatic nitrogens is 1. The fourth-order valence-electron chi connectivity index (χ4n) is 4.92. The van der Waals surface area contributed by atoms with Gasteiger partial charge in [-0.1, -0.05) is 24.3 Å². The van der Waals surface area contributed by atoms with Gasteiger partial charge in [-0.25, -0.2) is 9.37 Å². The Morgan fingerprint density at radius 2 is 1.88 bits per heavy atom. The zero-order valence-electron chi connectivity index (χ0n) is 18.6. The van der Waals surface area contributed by atoms with Crippen molar-refractivity contribution in [2.45, 2.75) is 45.1 Å². The van der Waals surface area contributed by atoms with Crippen LogP contribution in [0.2, 0.25) is 0 Å². The number of carbonyl (C=O) groups is 2. The van der Waals surface area contributed by atoms with Crippen molar-refractivity contribution in [3.8, 4) is 0 Å². The number of anilines is 1. The van der Waals surface area contributed by atoms with Gasteiger partial charge in [0.15, 0.2) is 0 Å². The number of piperidine rings is 2. The maximum Gasteiger partial charge on any atom is 0.226 e. The third-order valence-corrected chi connectivity index (χ3v) is 6.86. The molecule has 2 aliphatic heterocycles. The lowest BCUT2D eigenvalue weighted by Gasteiger charge is -2.42. The molecule has 0 saturated carbocycles. The van der Waals surface area contributed by atoms with Crippen molar-refractivity contribution in [2.75, 3.05) is 31.1 Å². The van der Waals surface area contributed by atoms with E-state index in [9.17, 15) is 14.0 Å². The first kappa shape index (κ1) is 22.2. The number of hydrogen-bond donors (Lipinski definition) is 1. The average molecular weight is 439 g/mol. The van der Waals surface area contributed by atoms with Gasteiger partial charge in [-0.05, 0) is 55.9 Å². The molecule has 2 aliphatic rings. The second kappa shape index (κ2) is 9.67. The topological polar surface area (TPSA) is 65.5 Å². The standard InChI is InChI=1S/C25H31FN4O2/c1-19(31)29-15-11-25(12-16-29,17-20-7-2-3-9-22(20)26)24(32)28-21-8-6-14-30(18-21)23-10-4-5-13-27-23/h2-5,7,9-10,13,21H,6,8,11-12,14-18H2,1H3,(H,28,32)/t21-/m0/s1. The predicted octanol–water partition coefficient (Wildman–Crippen LogP) is 3.18. The largest absolute Gasteiger partial charge is 0.355 e. The molecule has 6 nitrogen and oxygen atoms in total. The van der Waals surface area contributed by atoms with Crippen molar-refractivity contribution in [1.82, 2.24) is 15.2 Å². The number of pyridine rings is 1. The minimum Gasteiger partial charge on any atom is -0.355 e. The monoisotopic (exact) mass is 438 g/mol. The second-order valence-electron chi connectivity index (χ2n) is 9.00. The van der Waals surface area contributed by atoms with Crippen LogP contribution in [0.15, 0.2) is 48.7 Å². The maximum atomic E-state index is 14.5. The van der Waals surface area contributed by atoms with Crippen LogP contribution in [0.4, 0.5) is 10.2 Å². The summed E-state index contributed by atoms with van der Waals surface area (Å²) in [6.07, 6.45) is 5.06. The minimum atomic E-state index is -0.721. The Morgan fingerprint density at radius 1 is 1.12 bits per heavy atom. The van der Waals surface area contributed by atoms with Crippen LogP contribution in [0.25, 0.3) is 0 Å². The van der Waals surface area contributed by atoms with Crippen molar-refractivity contribution in [3.63, 3.8) is 0 Å². The smallest absolute Gasteiger partial charge is 0.226 e. The van der Waals surface area contributed by atoms with Crippen molar-refractivity contribution in [1.29, 1.82) is 0 Å². The third kappa shape index (κ3) is 4.92. The highest BCUT2D eigenvalue weighted by Crippen LogP contribution is 2.37. The molecule has 170 valence electrons. The Morgan fingerprint density at radius 3 is 2.56 bits per heavy atom. The highest BCUT2D eigenvalue weighted by Gasteiger charge is 2.43. The highest BCUT2D eigenvalue weighted by molar-refractivity contribution is 5.84. The quantitative estimate of drug-likeness (QED) is 0.779. The molecule has 1 aromatic carbocycles. The first-order chi connectivity index (χ1) is 15.5. The van der Waals surface area contributed by atoms with Crippen LogP contribution >= 0.6 is 0 Å². The maximum absolute atomic E-state index is 14.5. The Bertz CT molecular complexity index is 944. The van der Waals surface area contributed by atoms with Crippen molar-refractivity contribution in [3.05, 3.63) is 60.0 Å². The van der Waals surface area contributed by atoms with Gasteiger partial charge in [0.05, 0.1) is 5.41 Å². The number of carbonyl (C=O) groups excluding carboxylic acids is 2. The summed E-state index contributed by atoms with van der Waals surface area (Å²) in [4.78, 5) is 33.9. The van der Waals surface area contributed by atoms with Gasteiger partial charge in [-0.15, -0.1) is 0 Å². The summed E-state index contributed by atoms with van der Waals surface area (Å²) in [7, 11) is 0. The van der Waals surface area contributed by atoms with E-state index in [0.29, 0.717) is 44.5 Å². The lowest BCUT2D eigenvalue weighted by atomic mass is 9.72. The molecule has 2 aromatic rings. The Hall–Kier alpha value is -2.96. The zero-order chi connectivity index (χ0) is 22.6. The van der Waals surface area contributed by atoms with E-state index in [-0.39, 0.29) is 23.7 Å². The van der Waals surface area contributed by atoms with E-state index < -0.39 is 5.41 Å². The summed E-state index contributed by atoms with van der Waals surface area (Å²) in [5.74, 6) is 0.620. The van der Waals surface area contributed by atoms with Crippen LogP contribution in [0.3, 0.4) is 0 Å². The number of likely N-dealkylation sites (tertiary alicyclic amines) is 1. The highest BCUT2D eigenvalue weighted by atomic mass is 19.1. The van der Waals surface area contributed by atoms with Crippen LogP contribution < -0.4 is 10.2 Å². The predicted molar refractivity (Wildman–Crippen MR) is 122 cm³/mol. The summed E-state index contributed by atoms with van der Waals surface area (Å²) >= 11 is 0. The number of rotatable bonds is 5. The normalized spacial score (nSPS) is 20.6. The van der Waals surface area contributed by atoms with Gasteiger partial charge in [0.1, 0.15) is 11.6 Å².